The van der Waals surface area contributed by atoms with Crippen LogP contribution in [0.4, 0.5) is 10.5 Å². The lowest BCUT2D eigenvalue weighted by atomic mass is 10.2. The minimum absolute atomic E-state index is 0.103. The summed E-state index contributed by atoms with van der Waals surface area (Å²) in [5.74, 6) is 0.339. The highest BCUT2D eigenvalue weighted by molar-refractivity contribution is 8.13. The molecule has 0 fully saturated rings. The van der Waals surface area contributed by atoms with Crippen molar-refractivity contribution in [1.29, 1.82) is 0 Å². The van der Waals surface area contributed by atoms with Crippen molar-refractivity contribution in [3.63, 3.8) is 0 Å². The first-order chi connectivity index (χ1) is 12.2. The van der Waals surface area contributed by atoms with E-state index in [4.69, 9.17) is 0 Å². The van der Waals surface area contributed by atoms with Gasteiger partial charge in [-0.2, -0.15) is 0 Å². The Morgan fingerprint density at radius 1 is 1.20 bits per heavy atom. The van der Waals surface area contributed by atoms with E-state index in [1.807, 2.05) is 42.5 Å². The summed E-state index contributed by atoms with van der Waals surface area (Å²) in [5.41, 5.74) is 1.94. The molecular formula is C17H12N4O2S2. The summed E-state index contributed by atoms with van der Waals surface area (Å²) in [6.45, 7) is 0. The maximum absolute atomic E-state index is 12.0. The fourth-order valence-corrected chi connectivity index (χ4v) is 4.02. The van der Waals surface area contributed by atoms with E-state index < -0.39 is 5.24 Å². The third kappa shape index (κ3) is 3.26. The van der Waals surface area contributed by atoms with Crippen LogP contribution in [-0.4, -0.2) is 20.3 Å². The number of fused-ring (bicyclic) bond motifs is 2. The Balaban J connectivity index is 1.46. The van der Waals surface area contributed by atoms with Crippen molar-refractivity contribution in [3.05, 3.63) is 53.5 Å². The maximum Gasteiger partial charge on any atom is 0.323 e. The van der Waals surface area contributed by atoms with Gasteiger partial charge in [0, 0.05) is 5.39 Å². The van der Waals surface area contributed by atoms with Crippen molar-refractivity contribution < 1.29 is 9.90 Å². The second-order valence-corrected chi connectivity index (χ2v) is 7.24. The van der Waals surface area contributed by atoms with Gasteiger partial charge in [-0.1, -0.05) is 47.2 Å². The van der Waals surface area contributed by atoms with E-state index in [1.165, 1.54) is 0 Å². The number of azo groups is 1. The molecule has 0 saturated carbocycles. The van der Waals surface area contributed by atoms with Crippen molar-refractivity contribution in [2.45, 2.75) is 5.75 Å². The van der Waals surface area contributed by atoms with Gasteiger partial charge in [0.25, 0.3) is 0 Å². The molecule has 0 unspecified atom stereocenters. The fourth-order valence-electron chi connectivity index (χ4n) is 2.44. The van der Waals surface area contributed by atoms with Crippen LogP contribution in [0.5, 0.6) is 5.88 Å². The molecule has 4 aromatic rings. The first-order valence-corrected chi connectivity index (χ1v) is 9.23. The van der Waals surface area contributed by atoms with Gasteiger partial charge in [0.2, 0.25) is 5.88 Å². The summed E-state index contributed by atoms with van der Waals surface area (Å²) in [5, 5.41) is 18.7. The van der Waals surface area contributed by atoms with Crippen molar-refractivity contribution in [1.82, 2.24) is 9.97 Å². The van der Waals surface area contributed by atoms with Gasteiger partial charge in [-0.05, 0) is 18.2 Å². The highest BCUT2D eigenvalue weighted by Gasteiger charge is 2.11. The molecule has 2 heterocycles. The second kappa shape index (κ2) is 6.66. The molecule has 0 aliphatic rings. The highest BCUT2D eigenvalue weighted by atomic mass is 32.2. The summed E-state index contributed by atoms with van der Waals surface area (Å²) in [7, 11) is 0. The largest absolute Gasteiger partial charge is 0.493 e. The maximum atomic E-state index is 12.0. The Morgan fingerprint density at radius 3 is 2.88 bits per heavy atom. The monoisotopic (exact) mass is 368 g/mol. The number of rotatable bonds is 3. The molecule has 0 spiro atoms. The van der Waals surface area contributed by atoms with Crippen LogP contribution in [0.2, 0.25) is 0 Å². The molecule has 0 atom stereocenters. The zero-order valence-electron chi connectivity index (χ0n) is 12.8. The van der Waals surface area contributed by atoms with Crippen LogP contribution in [0, 0.1) is 0 Å². The molecule has 0 aliphatic carbocycles. The third-order valence-corrected chi connectivity index (χ3v) is 5.51. The van der Waals surface area contributed by atoms with Crippen molar-refractivity contribution in [2.75, 3.05) is 0 Å². The number of H-pyrrole nitrogens is 1. The molecule has 124 valence electrons. The third-order valence-electron chi connectivity index (χ3n) is 3.55. The SMILES string of the molecule is O=C(N=Nc1c(O)[nH]c2ccccc12)SCc1nc2ccccc2s1. The lowest BCUT2D eigenvalue weighted by molar-refractivity contribution is 0.266. The number of nitrogens with one attached hydrogen (secondary N) is 1. The molecule has 25 heavy (non-hydrogen) atoms. The summed E-state index contributed by atoms with van der Waals surface area (Å²) >= 11 is 2.59. The zero-order chi connectivity index (χ0) is 17.2. The number of thioether (sulfide) groups is 1. The number of benzene rings is 2. The van der Waals surface area contributed by atoms with Gasteiger partial charge in [-0.25, -0.2) is 4.98 Å². The second-order valence-electron chi connectivity index (χ2n) is 5.20. The predicted molar refractivity (Wildman–Crippen MR) is 101 cm³/mol. The molecule has 1 amide bonds. The van der Waals surface area contributed by atoms with E-state index in [0.717, 1.165) is 32.5 Å². The first kappa shape index (κ1) is 15.8. The van der Waals surface area contributed by atoms with E-state index in [0.29, 0.717) is 11.1 Å². The van der Waals surface area contributed by atoms with E-state index >= 15 is 0 Å². The Kier molecular flexibility index (Phi) is 4.21. The highest BCUT2D eigenvalue weighted by Crippen LogP contribution is 2.35. The minimum atomic E-state index is -0.427. The van der Waals surface area contributed by atoms with Crippen LogP contribution in [0.3, 0.4) is 0 Å². The molecule has 0 aliphatic heterocycles. The van der Waals surface area contributed by atoms with Gasteiger partial charge >= 0.3 is 5.24 Å². The Hall–Kier alpha value is -2.71. The molecule has 2 aromatic heterocycles. The molecule has 0 saturated heterocycles. The average molecular weight is 368 g/mol. The predicted octanol–water partition coefficient (Wildman–Crippen LogP) is 5.62. The van der Waals surface area contributed by atoms with Crippen LogP contribution in [-0.2, 0) is 5.75 Å². The standard InChI is InChI=1S/C17H12N4O2S2/c22-16-15(10-5-1-2-6-11(10)19-16)20-21-17(23)24-9-14-18-12-7-3-4-8-13(12)25-14/h1-8,19,22H,9H2. The number of hydrogen-bond acceptors (Lipinski definition) is 6. The smallest absolute Gasteiger partial charge is 0.323 e. The summed E-state index contributed by atoms with van der Waals surface area (Å²) in [6, 6.07) is 15.1. The molecule has 4 rings (SSSR count). The Bertz CT molecular complexity index is 1070. The summed E-state index contributed by atoms with van der Waals surface area (Å²) in [4.78, 5) is 19.2. The Morgan fingerprint density at radius 2 is 2.00 bits per heavy atom. The average Bonchev–Trinajstić information content (AvgIpc) is 3.18. The minimum Gasteiger partial charge on any atom is -0.493 e. The van der Waals surface area contributed by atoms with Crippen LogP contribution in [0.1, 0.15) is 5.01 Å². The van der Waals surface area contributed by atoms with Gasteiger partial charge in [0.1, 0.15) is 5.01 Å². The van der Waals surface area contributed by atoms with Crippen molar-refractivity contribution in [2.24, 2.45) is 10.2 Å². The molecule has 8 heteroatoms. The van der Waals surface area contributed by atoms with Crippen LogP contribution >= 0.6 is 23.1 Å². The van der Waals surface area contributed by atoms with Gasteiger partial charge in [-0.3, -0.25) is 4.79 Å². The molecule has 2 aromatic carbocycles. The first-order valence-electron chi connectivity index (χ1n) is 7.43. The van der Waals surface area contributed by atoms with Crippen molar-refractivity contribution in [3.8, 4) is 5.88 Å². The number of nitrogens with zero attached hydrogens (tertiary/aromatic N) is 3. The van der Waals surface area contributed by atoms with Crippen molar-refractivity contribution >= 4 is 55.1 Å². The van der Waals surface area contributed by atoms with E-state index in [2.05, 4.69) is 20.2 Å². The number of aromatic nitrogens is 2. The molecule has 2 N–H and O–H groups in total. The van der Waals surface area contributed by atoms with Crippen LogP contribution < -0.4 is 0 Å². The number of aromatic amines is 1. The lowest BCUT2D eigenvalue weighted by Crippen LogP contribution is -1.84. The lowest BCUT2D eigenvalue weighted by Gasteiger charge is -1.92. The number of hydrogen-bond donors (Lipinski definition) is 2. The fraction of sp³-hybridized carbons (Fsp3) is 0.0588. The summed E-state index contributed by atoms with van der Waals surface area (Å²) < 4.78 is 1.09. The van der Waals surface area contributed by atoms with Gasteiger partial charge < -0.3 is 10.1 Å². The number of carbonyl (C=O) groups excluding carboxylic acids is 1. The molecule has 6 nitrogen and oxygen atoms in total. The molecular weight excluding hydrogens is 356 g/mol. The number of carbonyl (C=O) groups is 1. The van der Waals surface area contributed by atoms with Gasteiger partial charge in [-0.15, -0.1) is 16.5 Å². The number of para-hydroxylation sites is 2. The zero-order valence-corrected chi connectivity index (χ0v) is 14.5. The number of thiazole rings is 1. The van der Waals surface area contributed by atoms with Crippen LogP contribution in [0.25, 0.3) is 21.1 Å². The normalized spacial score (nSPS) is 11.7. The van der Waals surface area contributed by atoms with Gasteiger partial charge in [0.15, 0.2) is 5.69 Å². The van der Waals surface area contributed by atoms with E-state index in [9.17, 15) is 9.90 Å². The topological polar surface area (TPSA) is 90.7 Å². The number of amides is 1. The molecule has 0 radical (unpaired) electrons. The van der Waals surface area contributed by atoms with E-state index in [1.54, 1.807) is 17.4 Å². The summed E-state index contributed by atoms with van der Waals surface area (Å²) in [6.07, 6.45) is 0. The van der Waals surface area contributed by atoms with E-state index in [-0.39, 0.29) is 11.6 Å². The van der Waals surface area contributed by atoms with Gasteiger partial charge in [0.05, 0.1) is 21.5 Å². The number of aromatic hydroxyl groups is 1. The molecule has 0 bridgehead atoms. The van der Waals surface area contributed by atoms with Crippen LogP contribution in [0.15, 0.2) is 58.8 Å². The quantitative estimate of drug-likeness (QED) is 0.459. The Labute approximate surface area is 150 Å².